The van der Waals surface area contributed by atoms with Crippen LogP contribution in [0.25, 0.3) is 0 Å². The van der Waals surface area contributed by atoms with Crippen LogP contribution in [0.4, 0.5) is 18.9 Å². The molecule has 1 aromatic heterocycles. The SMILES string of the molecule is O=C(CC(F)(F)F)Nc1ccc(C(=O)O)nc1. The third-order valence-corrected chi connectivity index (χ3v) is 1.63. The number of halogens is 3. The van der Waals surface area contributed by atoms with Crippen LogP contribution in [-0.4, -0.2) is 28.1 Å². The van der Waals surface area contributed by atoms with Gasteiger partial charge in [0.05, 0.1) is 11.9 Å². The first kappa shape index (κ1) is 12.9. The highest BCUT2D eigenvalue weighted by atomic mass is 19.4. The molecule has 0 aliphatic heterocycles. The van der Waals surface area contributed by atoms with Crippen LogP contribution >= 0.6 is 0 Å². The van der Waals surface area contributed by atoms with E-state index in [1.54, 1.807) is 0 Å². The van der Waals surface area contributed by atoms with Crippen LogP contribution < -0.4 is 5.32 Å². The van der Waals surface area contributed by atoms with Crippen LogP contribution in [0.2, 0.25) is 0 Å². The number of hydrogen-bond acceptors (Lipinski definition) is 3. The minimum Gasteiger partial charge on any atom is -0.477 e. The number of carbonyl (C=O) groups is 2. The number of carboxylic acids is 1. The van der Waals surface area contributed by atoms with Crippen molar-refractivity contribution in [3.8, 4) is 0 Å². The van der Waals surface area contributed by atoms with Gasteiger partial charge >= 0.3 is 12.1 Å². The molecule has 1 heterocycles. The Morgan fingerprint density at radius 3 is 2.41 bits per heavy atom. The molecule has 1 amide bonds. The number of nitrogens with zero attached hydrogens (tertiary/aromatic N) is 1. The Balaban J connectivity index is 2.64. The normalized spacial score (nSPS) is 11.0. The summed E-state index contributed by atoms with van der Waals surface area (Å²) >= 11 is 0. The Hall–Kier alpha value is -2.12. The smallest absolute Gasteiger partial charge is 0.397 e. The molecule has 8 heteroatoms. The fraction of sp³-hybridized carbons (Fsp3) is 0.222. The second-order valence-corrected chi connectivity index (χ2v) is 3.08. The lowest BCUT2D eigenvalue weighted by molar-refractivity contribution is -0.150. The number of rotatable bonds is 3. The molecule has 0 fully saturated rings. The number of anilines is 1. The number of amides is 1. The summed E-state index contributed by atoms with van der Waals surface area (Å²) in [5.41, 5.74) is -0.261. The van der Waals surface area contributed by atoms with Crippen molar-refractivity contribution in [1.29, 1.82) is 0 Å². The molecule has 0 radical (unpaired) electrons. The van der Waals surface area contributed by atoms with E-state index in [0.717, 1.165) is 18.3 Å². The van der Waals surface area contributed by atoms with E-state index < -0.39 is 24.5 Å². The Labute approximate surface area is 93.3 Å². The summed E-state index contributed by atoms with van der Waals surface area (Å²) < 4.78 is 35.5. The zero-order chi connectivity index (χ0) is 13.1. The van der Waals surface area contributed by atoms with E-state index >= 15 is 0 Å². The first-order valence-corrected chi connectivity index (χ1v) is 4.34. The van der Waals surface area contributed by atoms with Gasteiger partial charge in [-0.15, -0.1) is 0 Å². The Bertz CT molecular complexity index is 428. The summed E-state index contributed by atoms with van der Waals surface area (Å²) in [5, 5.41) is 10.5. The van der Waals surface area contributed by atoms with Crippen molar-refractivity contribution < 1.29 is 27.9 Å². The molecule has 0 saturated carbocycles. The van der Waals surface area contributed by atoms with Crippen molar-refractivity contribution in [2.75, 3.05) is 5.32 Å². The molecule has 0 aliphatic carbocycles. The highest BCUT2D eigenvalue weighted by molar-refractivity contribution is 5.91. The fourth-order valence-corrected chi connectivity index (χ4v) is 0.982. The summed E-state index contributed by atoms with van der Waals surface area (Å²) in [6.07, 6.45) is -5.22. The van der Waals surface area contributed by atoms with Crippen LogP contribution in [0, 0.1) is 0 Å². The Kier molecular flexibility index (Phi) is 3.66. The quantitative estimate of drug-likeness (QED) is 0.852. The number of aromatic carboxylic acids is 1. The molecule has 92 valence electrons. The first-order valence-electron chi connectivity index (χ1n) is 4.34. The molecule has 0 aromatic carbocycles. The maximum absolute atomic E-state index is 11.8. The second kappa shape index (κ2) is 4.81. The molecule has 1 aromatic rings. The molecule has 0 unspecified atom stereocenters. The van der Waals surface area contributed by atoms with Gasteiger partial charge in [-0.1, -0.05) is 0 Å². The third kappa shape index (κ3) is 4.49. The van der Waals surface area contributed by atoms with Gasteiger partial charge in [0.25, 0.3) is 0 Å². The van der Waals surface area contributed by atoms with E-state index in [1.165, 1.54) is 0 Å². The lowest BCUT2D eigenvalue weighted by Crippen LogP contribution is -2.21. The number of carboxylic acid groups (broad SMARTS) is 1. The number of alkyl halides is 3. The van der Waals surface area contributed by atoms with Crippen molar-refractivity contribution in [2.24, 2.45) is 0 Å². The number of aromatic nitrogens is 1. The van der Waals surface area contributed by atoms with Gasteiger partial charge in [-0.2, -0.15) is 13.2 Å². The van der Waals surface area contributed by atoms with Crippen LogP contribution in [0.5, 0.6) is 0 Å². The van der Waals surface area contributed by atoms with E-state index in [0.29, 0.717) is 0 Å². The van der Waals surface area contributed by atoms with Gasteiger partial charge in [0.1, 0.15) is 12.1 Å². The average Bonchev–Trinajstić information content (AvgIpc) is 2.15. The van der Waals surface area contributed by atoms with Crippen LogP contribution in [-0.2, 0) is 4.79 Å². The second-order valence-electron chi connectivity index (χ2n) is 3.08. The van der Waals surface area contributed by atoms with Gasteiger partial charge in [-0.25, -0.2) is 9.78 Å². The van der Waals surface area contributed by atoms with Crippen LogP contribution in [0.3, 0.4) is 0 Å². The topological polar surface area (TPSA) is 79.3 Å². The lowest BCUT2D eigenvalue weighted by Gasteiger charge is -2.07. The summed E-state index contributed by atoms with van der Waals surface area (Å²) in [7, 11) is 0. The molecule has 5 nitrogen and oxygen atoms in total. The first-order chi connectivity index (χ1) is 7.78. The van der Waals surface area contributed by atoms with Crippen molar-refractivity contribution in [3.05, 3.63) is 24.0 Å². The number of nitrogens with one attached hydrogen (secondary N) is 1. The molecule has 1 rings (SSSR count). The van der Waals surface area contributed by atoms with Gasteiger partial charge in [-0.05, 0) is 12.1 Å². The highest BCUT2D eigenvalue weighted by Gasteiger charge is 2.31. The zero-order valence-electron chi connectivity index (χ0n) is 8.28. The zero-order valence-corrected chi connectivity index (χ0v) is 8.28. The predicted molar refractivity (Wildman–Crippen MR) is 50.5 cm³/mol. The molecular formula is C9H7F3N2O3. The monoisotopic (exact) mass is 248 g/mol. The summed E-state index contributed by atoms with van der Waals surface area (Å²) in [6, 6.07) is 2.23. The van der Waals surface area contributed by atoms with Gasteiger partial charge in [0, 0.05) is 0 Å². The van der Waals surface area contributed by atoms with Gasteiger partial charge in [0.15, 0.2) is 0 Å². The van der Waals surface area contributed by atoms with Gasteiger partial charge in [-0.3, -0.25) is 4.79 Å². The molecule has 0 aliphatic rings. The van der Waals surface area contributed by atoms with E-state index in [4.69, 9.17) is 5.11 Å². The van der Waals surface area contributed by atoms with Gasteiger partial charge < -0.3 is 10.4 Å². The van der Waals surface area contributed by atoms with Crippen LogP contribution in [0.1, 0.15) is 16.9 Å². The lowest BCUT2D eigenvalue weighted by atomic mass is 10.3. The number of pyridine rings is 1. The standard InChI is InChI=1S/C9H7F3N2O3/c10-9(11,12)3-7(15)14-5-1-2-6(8(16)17)13-4-5/h1-2,4H,3H2,(H,14,15)(H,16,17). The van der Waals surface area contributed by atoms with E-state index in [2.05, 4.69) is 4.98 Å². The van der Waals surface area contributed by atoms with Crippen molar-refractivity contribution >= 4 is 17.6 Å². The van der Waals surface area contributed by atoms with Crippen LogP contribution in [0.15, 0.2) is 18.3 Å². The highest BCUT2D eigenvalue weighted by Crippen LogP contribution is 2.20. The summed E-state index contributed by atoms with van der Waals surface area (Å²) in [5.74, 6) is -2.50. The number of carbonyl (C=O) groups excluding carboxylic acids is 1. The number of hydrogen-bond donors (Lipinski definition) is 2. The molecule has 0 spiro atoms. The minimum absolute atomic E-state index is 0.00394. The summed E-state index contributed by atoms with van der Waals surface area (Å²) in [6.45, 7) is 0. The minimum atomic E-state index is -4.58. The molecule has 2 N–H and O–H groups in total. The Morgan fingerprint density at radius 2 is 2.00 bits per heavy atom. The van der Waals surface area contributed by atoms with E-state index in [9.17, 15) is 22.8 Å². The van der Waals surface area contributed by atoms with Crippen molar-refractivity contribution in [1.82, 2.24) is 4.98 Å². The van der Waals surface area contributed by atoms with E-state index in [1.807, 2.05) is 5.32 Å². The maximum atomic E-state index is 11.8. The van der Waals surface area contributed by atoms with Gasteiger partial charge in [0.2, 0.25) is 5.91 Å². The predicted octanol–water partition coefficient (Wildman–Crippen LogP) is 1.67. The maximum Gasteiger partial charge on any atom is 0.397 e. The Morgan fingerprint density at radius 1 is 1.35 bits per heavy atom. The summed E-state index contributed by atoms with van der Waals surface area (Å²) in [4.78, 5) is 24.7. The average molecular weight is 248 g/mol. The van der Waals surface area contributed by atoms with Crippen molar-refractivity contribution in [3.63, 3.8) is 0 Å². The largest absolute Gasteiger partial charge is 0.477 e. The molecule has 0 atom stereocenters. The molecule has 0 saturated heterocycles. The van der Waals surface area contributed by atoms with E-state index in [-0.39, 0.29) is 11.4 Å². The molecular weight excluding hydrogens is 241 g/mol. The molecule has 0 bridgehead atoms. The molecule has 17 heavy (non-hydrogen) atoms. The third-order valence-electron chi connectivity index (χ3n) is 1.63. The fourth-order valence-electron chi connectivity index (χ4n) is 0.982. The van der Waals surface area contributed by atoms with Crippen molar-refractivity contribution in [2.45, 2.75) is 12.6 Å².